The predicted molar refractivity (Wildman–Crippen MR) is 105 cm³/mol. The van der Waals surface area contributed by atoms with Gasteiger partial charge in [-0.2, -0.15) is 5.26 Å². The Morgan fingerprint density at radius 1 is 1.21 bits per heavy atom. The van der Waals surface area contributed by atoms with Crippen LogP contribution >= 0.6 is 11.6 Å². The van der Waals surface area contributed by atoms with Crippen molar-refractivity contribution in [1.29, 1.82) is 5.26 Å². The van der Waals surface area contributed by atoms with E-state index in [1.807, 2.05) is 12.1 Å². The lowest BCUT2D eigenvalue weighted by molar-refractivity contribution is 0.171. The van der Waals surface area contributed by atoms with Crippen LogP contribution in [-0.4, -0.2) is 43.9 Å². The number of carbonyl (C=O) groups is 1. The first kappa shape index (κ1) is 19.6. The summed E-state index contributed by atoms with van der Waals surface area (Å²) < 4.78 is 11.0. The van der Waals surface area contributed by atoms with Crippen LogP contribution in [0.1, 0.15) is 11.1 Å². The van der Waals surface area contributed by atoms with Gasteiger partial charge in [-0.1, -0.05) is 11.6 Å². The summed E-state index contributed by atoms with van der Waals surface area (Å²) in [6.07, 6.45) is 2.22. The first-order valence-corrected chi connectivity index (χ1v) is 9.24. The predicted octanol–water partition coefficient (Wildman–Crippen LogP) is 2.33. The van der Waals surface area contributed by atoms with Crippen LogP contribution < -0.4 is 25.4 Å². The number of amides is 2. The lowest BCUT2D eigenvalue weighted by Crippen LogP contribution is -2.38. The van der Waals surface area contributed by atoms with Crippen LogP contribution in [0.2, 0.25) is 5.02 Å². The van der Waals surface area contributed by atoms with Gasteiger partial charge < -0.3 is 25.4 Å². The van der Waals surface area contributed by atoms with Gasteiger partial charge in [-0.25, -0.2) is 9.78 Å². The number of carbonyl (C=O) groups excluding carboxylic acids is 1. The van der Waals surface area contributed by atoms with Crippen LogP contribution in [0.5, 0.6) is 11.5 Å². The first-order valence-electron chi connectivity index (χ1n) is 8.86. The zero-order valence-electron chi connectivity index (χ0n) is 15.1. The summed E-state index contributed by atoms with van der Waals surface area (Å²) in [4.78, 5) is 16.0. The summed E-state index contributed by atoms with van der Waals surface area (Å²) in [5, 5.41) is 18.1. The number of fused-ring (bicyclic) bond motifs is 1. The van der Waals surface area contributed by atoms with Crippen molar-refractivity contribution in [3.05, 3.63) is 46.6 Å². The van der Waals surface area contributed by atoms with Gasteiger partial charge in [-0.15, -0.1) is 0 Å². The van der Waals surface area contributed by atoms with Crippen molar-refractivity contribution in [3.63, 3.8) is 0 Å². The van der Waals surface area contributed by atoms with E-state index in [0.29, 0.717) is 67.2 Å². The minimum Gasteiger partial charge on any atom is -0.486 e. The number of aromatic nitrogens is 1. The summed E-state index contributed by atoms with van der Waals surface area (Å²) in [7, 11) is 0. The number of urea groups is 1. The van der Waals surface area contributed by atoms with Crippen LogP contribution in [0, 0.1) is 11.3 Å². The molecule has 0 fully saturated rings. The Balaban J connectivity index is 1.37. The van der Waals surface area contributed by atoms with Gasteiger partial charge in [0.1, 0.15) is 25.1 Å². The second-order valence-electron chi connectivity index (χ2n) is 5.97. The molecule has 0 radical (unpaired) electrons. The molecule has 0 bridgehead atoms. The first-order chi connectivity index (χ1) is 13.7. The molecule has 3 rings (SSSR count). The van der Waals surface area contributed by atoms with Crippen molar-refractivity contribution >= 4 is 23.4 Å². The SMILES string of the molecule is N#Cc1cccnc1NCCNC(=O)NCCc1cc(Cl)c2c(c1)OCCO2. The standard InChI is InChI=1S/C19H20ClN5O3/c20-15-10-13(11-16-17(15)28-9-8-27-16)3-5-24-19(26)25-7-6-23-18-14(12-21)2-1-4-22-18/h1-2,4,10-11H,3,5-9H2,(H,22,23)(H2,24,25,26). The van der Waals surface area contributed by atoms with E-state index in [-0.39, 0.29) is 6.03 Å². The summed E-state index contributed by atoms with van der Waals surface area (Å²) in [6.45, 7) is 2.28. The van der Waals surface area contributed by atoms with Crippen molar-refractivity contribution in [2.24, 2.45) is 0 Å². The maximum absolute atomic E-state index is 11.9. The molecular formula is C19H20ClN5O3. The van der Waals surface area contributed by atoms with Crippen molar-refractivity contribution < 1.29 is 14.3 Å². The van der Waals surface area contributed by atoms with E-state index >= 15 is 0 Å². The Bertz CT molecular complexity index is 884. The second-order valence-corrected chi connectivity index (χ2v) is 6.38. The maximum Gasteiger partial charge on any atom is 0.314 e. The quantitative estimate of drug-likeness (QED) is 0.614. The van der Waals surface area contributed by atoms with Crippen molar-refractivity contribution in [2.75, 3.05) is 38.2 Å². The number of hydrogen-bond acceptors (Lipinski definition) is 6. The molecule has 0 saturated heterocycles. The minimum absolute atomic E-state index is 0.271. The number of hydrogen-bond donors (Lipinski definition) is 3. The average molecular weight is 402 g/mol. The Morgan fingerprint density at radius 2 is 2.04 bits per heavy atom. The van der Waals surface area contributed by atoms with Gasteiger partial charge in [0.25, 0.3) is 0 Å². The summed E-state index contributed by atoms with van der Waals surface area (Å²) in [5.74, 6) is 1.71. The number of nitrogens with zero attached hydrogens (tertiary/aromatic N) is 2. The molecule has 0 spiro atoms. The Hall–Kier alpha value is -3.18. The number of halogens is 1. The molecule has 2 heterocycles. The van der Waals surface area contributed by atoms with E-state index in [0.717, 1.165) is 5.56 Å². The molecule has 1 aromatic carbocycles. The van der Waals surface area contributed by atoms with Gasteiger partial charge in [0, 0.05) is 25.8 Å². The lowest BCUT2D eigenvalue weighted by Gasteiger charge is -2.20. The molecule has 146 valence electrons. The monoisotopic (exact) mass is 401 g/mol. The highest BCUT2D eigenvalue weighted by atomic mass is 35.5. The van der Waals surface area contributed by atoms with Gasteiger partial charge in [0.15, 0.2) is 11.5 Å². The van der Waals surface area contributed by atoms with Crippen LogP contribution in [0.3, 0.4) is 0 Å². The van der Waals surface area contributed by atoms with Crippen molar-refractivity contribution in [2.45, 2.75) is 6.42 Å². The van der Waals surface area contributed by atoms with E-state index in [4.69, 9.17) is 26.3 Å². The highest BCUT2D eigenvalue weighted by Gasteiger charge is 2.16. The number of rotatable bonds is 7. The lowest BCUT2D eigenvalue weighted by atomic mass is 10.1. The molecule has 28 heavy (non-hydrogen) atoms. The Labute approximate surface area is 167 Å². The van der Waals surface area contributed by atoms with Gasteiger partial charge >= 0.3 is 6.03 Å². The smallest absolute Gasteiger partial charge is 0.314 e. The normalized spacial score (nSPS) is 12.0. The van der Waals surface area contributed by atoms with E-state index in [9.17, 15) is 4.79 Å². The Morgan fingerprint density at radius 3 is 2.89 bits per heavy atom. The van der Waals surface area contributed by atoms with Gasteiger partial charge in [0.2, 0.25) is 0 Å². The minimum atomic E-state index is -0.271. The fraction of sp³-hybridized carbons (Fsp3) is 0.316. The summed E-state index contributed by atoms with van der Waals surface area (Å²) >= 11 is 6.21. The molecule has 0 aliphatic carbocycles. The highest BCUT2D eigenvalue weighted by molar-refractivity contribution is 6.32. The molecule has 2 aromatic rings. The highest BCUT2D eigenvalue weighted by Crippen LogP contribution is 2.38. The van der Waals surface area contributed by atoms with Crippen molar-refractivity contribution in [3.8, 4) is 17.6 Å². The third-order valence-electron chi connectivity index (χ3n) is 3.99. The fourth-order valence-electron chi connectivity index (χ4n) is 2.68. The van der Waals surface area contributed by atoms with Gasteiger partial charge in [0.05, 0.1) is 10.6 Å². The van der Waals surface area contributed by atoms with E-state index in [1.54, 1.807) is 18.3 Å². The van der Waals surface area contributed by atoms with Crippen LogP contribution in [0.25, 0.3) is 0 Å². The number of nitriles is 1. The largest absolute Gasteiger partial charge is 0.486 e. The van der Waals surface area contributed by atoms with Crippen LogP contribution in [0.4, 0.5) is 10.6 Å². The maximum atomic E-state index is 11.9. The number of benzene rings is 1. The van der Waals surface area contributed by atoms with E-state index in [2.05, 4.69) is 27.0 Å². The number of nitrogens with one attached hydrogen (secondary N) is 3. The number of anilines is 1. The molecule has 3 N–H and O–H groups in total. The molecule has 1 aromatic heterocycles. The van der Waals surface area contributed by atoms with Gasteiger partial charge in [-0.3, -0.25) is 0 Å². The van der Waals surface area contributed by atoms with Crippen LogP contribution in [-0.2, 0) is 6.42 Å². The molecule has 1 aliphatic rings. The fourth-order valence-corrected chi connectivity index (χ4v) is 2.97. The second kappa shape index (κ2) is 9.67. The molecule has 9 heteroatoms. The molecule has 0 atom stereocenters. The molecule has 0 unspecified atom stereocenters. The van der Waals surface area contributed by atoms with Crippen molar-refractivity contribution in [1.82, 2.24) is 15.6 Å². The number of ether oxygens (including phenoxy) is 2. The zero-order chi connectivity index (χ0) is 19.8. The Kier molecular flexibility index (Phi) is 6.76. The average Bonchev–Trinajstić information content (AvgIpc) is 2.71. The van der Waals surface area contributed by atoms with E-state index < -0.39 is 0 Å². The molecule has 8 nitrogen and oxygen atoms in total. The van der Waals surface area contributed by atoms with Gasteiger partial charge in [-0.05, 0) is 36.2 Å². The summed E-state index contributed by atoms with van der Waals surface area (Å²) in [5.41, 5.74) is 1.42. The number of pyridine rings is 1. The topological polar surface area (TPSA) is 108 Å². The molecule has 0 saturated carbocycles. The molecular weight excluding hydrogens is 382 g/mol. The zero-order valence-corrected chi connectivity index (χ0v) is 15.9. The third kappa shape index (κ3) is 5.18. The molecule has 1 aliphatic heterocycles. The van der Waals surface area contributed by atoms with E-state index in [1.165, 1.54) is 0 Å². The summed E-state index contributed by atoms with van der Waals surface area (Å²) in [6, 6.07) is 8.86. The third-order valence-corrected chi connectivity index (χ3v) is 4.27. The van der Waals surface area contributed by atoms with Crippen LogP contribution in [0.15, 0.2) is 30.5 Å². The molecule has 2 amide bonds.